The van der Waals surface area contributed by atoms with Crippen molar-refractivity contribution in [3.63, 3.8) is 0 Å². The number of anilines is 1. The number of hydrogen-bond donors (Lipinski definition) is 3. The highest BCUT2D eigenvalue weighted by atomic mass is 35.5. The van der Waals surface area contributed by atoms with E-state index in [9.17, 15) is 4.79 Å². The smallest absolute Gasteiger partial charge is 0.254 e. The molecular weight excluding hydrogens is 390 g/mol. The quantitative estimate of drug-likeness (QED) is 0.594. The van der Waals surface area contributed by atoms with Crippen LogP contribution in [0, 0.1) is 0 Å². The monoisotopic (exact) mass is 411 g/mol. The fourth-order valence-electron chi connectivity index (χ4n) is 3.53. The van der Waals surface area contributed by atoms with Gasteiger partial charge in [0.25, 0.3) is 5.91 Å². The van der Waals surface area contributed by atoms with E-state index in [0.717, 1.165) is 31.5 Å². The van der Waals surface area contributed by atoms with Gasteiger partial charge in [0.15, 0.2) is 0 Å². The average Bonchev–Trinajstić information content (AvgIpc) is 3.08. The van der Waals surface area contributed by atoms with Crippen LogP contribution < -0.4 is 21.5 Å². The first-order chi connectivity index (χ1) is 14.0. The molecule has 150 valence electrons. The molecule has 1 saturated heterocycles. The molecule has 1 atom stereocenters. The molecule has 1 aromatic heterocycles. The van der Waals surface area contributed by atoms with E-state index in [1.165, 1.54) is 0 Å². The molecule has 1 aliphatic heterocycles. The van der Waals surface area contributed by atoms with Gasteiger partial charge >= 0.3 is 0 Å². The summed E-state index contributed by atoms with van der Waals surface area (Å²) in [5.41, 5.74) is 13.4. The number of amides is 1. The number of ether oxygens (including phenoxy) is 1. The predicted octanol–water partition coefficient (Wildman–Crippen LogP) is 3.60. The van der Waals surface area contributed by atoms with Crippen LogP contribution in [0.2, 0.25) is 5.02 Å². The molecule has 1 amide bonds. The number of rotatable bonds is 5. The standard InChI is InChI=1S/C21H22ClN5O2/c22-14-5-9-17(10-6-14)29-16-7-3-13(4-8-16)19-18(21(24)28)20(23)27(26-19)15-2-1-11-25-12-15/h3-10,15,25H,1-2,11-12,23H2,(H2,24,28). The number of aromatic nitrogens is 2. The molecule has 2 heterocycles. The summed E-state index contributed by atoms with van der Waals surface area (Å²) in [5.74, 6) is 1.05. The number of carbonyl (C=O) groups is 1. The third-order valence-electron chi connectivity index (χ3n) is 4.99. The third-order valence-corrected chi connectivity index (χ3v) is 5.24. The van der Waals surface area contributed by atoms with Crippen LogP contribution in [0.25, 0.3) is 11.3 Å². The molecule has 2 aromatic carbocycles. The summed E-state index contributed by atoms with van der Waals surface area (Å²) in [6.45, 7) is 1.74. The lowest BCUT2D eigenvalue weighted by Crippen LogP contribution is -2.32. The fraction of sp³-hybridized carbons (Fsp3) is 0.238. The summed E-state index contributed by atoms with van der Waals surface area (Å²) in [7, 11) is 0. The Bertz CT molecular complexity index is 1010. The van der Waals surface area contributed by atoms with Gasteiger partial charge in [-0.3, -0.25) is 4.79 Å². The van der Waals surface area contributed by atoms with Gasteiger partial charge in [0.1, 0.15) is 28.6 Å². The Balaban J connectivity index is 1.63. The predicted molar refractivity (Wildman–Crippen MR) is 113 cm³/mol. The van der Waals surface area contributed by atoms with E-state index in [1.807, 2.05) is 24.3 Å². The highest BCUT2D eigenvalue weighted by Gasteiger charge is 2.26. The van der Waals surface area contributed by atoms with Crippen LogP contribution in [0.1, 0.15) is 29.2 Å². The zero-order valence-electron chi connectivity index (χ0n) is 15.8. The van der Waals surface area contributed by atoms with Crippen molar-refractivity contribution >= 4 is 23.3 Å². The lowest BCUT2D eigenvalue weighted by atomic mass is 10.1. The third kappa shape index (κ3) is 4.06. The van der Waals surface area contributed by atoms with E-state index in [4.69, 9.17) is 27.8 Å². The second-order valence-electron chi connectivity index (χ2n) is 7.00. The Morgan fingerprint density at radius 1 is 1.14 bits per heavy atom. The van der Waals surface area contributed by atoms with Crippen molar-refractivity contribution in [3.8, 4) is 22.8 Å². The van der Waals surface area contributed by atoms with E-state index >= 15 is 0 Å². The Hall–Kier alpha value is -3.03. The van der Waals surface area contributed by atoms with Crippen molar-refractivity contribution in [1.29, 1.82) is 0 Å². The van der Waals surface area contributed by atoms with Crippen molar-refractivity contribution in [2.24, 2.45) is 5.73 Å². The van der Waals surface area contributed by atoms with E-state index in [0.29, 0.717) is 28.0 Å². The highest BCUT2D eigenvalue weighted by molar-refractivity contribution is 6.30. The molecule has 0 radical (unpaired) electrons. The Morgan fingerprint density at radius 2 is 1.79 bits per heavy atom. The molecule has 0 bridgehead atoms. The molecule has 7 nitrogen and oxygen atoms in total. The zero-order valence-corrected chi connectivity index (χ0v) is 16.5. The van der Waals surface area contributed by atoms with Crippen LogP contribution in [-0.2, 0) is 0 Å². The molecule has 8 heteroatoms. The van der Waals surface area contributed by atoms with Gasteiger partial charge in [-0.25, -0.2) is 4.68 Å². The minimum Gasteiger partial charge on any atom is -0.457 e. The number of nitrogens with one attached hydrogen (secondary N) is 1. The van der Waals surface area contributed by atoms with Gasteiger partial charge < -0.3 is 21.5 Å². The summed E-state index contributed by atoms with van der Waals surface area (Å²) >= 11 is 5.90. The van der Waals surface area contributed by atoms with Crippen molar-refractivity contribution in [2.75, 3.05) is 18.8 Å². The van der Waals surface area contributed by atoms with Crippen LogP contribution >= 0.6 is 11.6 Å². The SMILES string of the molecule is NC(=O)c1c(-c2ccc(Oc3ccc(Cl)cc3)cc2)nn(C2CCCNC2)c1N. The Labute approximate surface area is 173 Å². The molecular formula is C21H22ClN5O2. The first-order valence-electron chi connectivity index (χ1n) is 9.45. The number of nitrogen functional groups attached to an aromatic ring is 1. The lowest BCUT2D eigenvalue weighted by molar-refractivity contribution is 0.100. The van der Waals surface area contributed by atoms with E-state index in [2.05, 4.69) is 10.4 Å². The van der Waals surface area contributed by atoms with E-state index < -0.39 is 5.91 Å². The summed E-state index contributed by atoms with van der Waals surface area (Å²) in [5, 5.41) is 8.62. The molecule has 1 fully saturated rings. The second-order valence-corrected chi connectivity index (χ2v) is 7.43. The highest BCUT2D eigenvalue weighted by Crippen LogP contribution is 2.32. The van der Waals surface area contributed by atoms with Crippen molar-refractivity contribution < 1.29 is 9.53 Å². The number of nitrogens with zero attached hydrogens (tertiary/aromatic N) is 2. The second kappa shape index (κ2) is 8.14. The minimum absolute atomic E-state index is 0.100. The molecule has 1 aliphatic rings. The fourth-order valence-corrected chi connectivity index (χ4v) is 3.66. The molecule has 0 spiro atoms. The van der Waals surface area contributed by atoms with Crippen LogP contribution in [0.4, 0.5) is 5.82 Å². The zero-order chi connectivity index (χ0) is 20.4. The number of halogens is 1. The first-order valence-corrected chi connectivity index (χ1v) is 9.83. The topological polar surface area (TPSA) is 108 Å². The van der Waals surface area contributed by atoms with E-state index in [1.54, 1.807) is 28.9 Å². The van der Waals surface area contributed by atoms with E-state index in [-0.39, 0.29) is 11.6 Å². The molecule has 3 aromatic rings. The molecule has 0 aliphatic carbocycles. The van der Waals surface area contributed by atoms with Gasteiger partial charge in [-0.15, -0.1) is 0 Å². The molecule has 1 unspecified atom stereocenters. The number of piperidine rings is 1. The number of benzene rings is 2. The van der Waals surface area contributed by atoms with Gasteiger partial charge in [-0.2, -0.15) is 5.10 Å². The number of carbonyl (C=O) groups excluding carboxylic acids is 1. The molecule has 29 heavy (non-hydrogen) atoms. The van der Waals surface area contributed by atoms with Crippen LogP contribution in [0.3, 0.4) is 0 Å². The maximum atomic E-state index is 12.1. The number of primary amides is 1. The minimum atomic E-state index is -0.589. The summed E-state index contributed by atoms with van der Waals surface area (Å²) in [6, 6.07) is 14.5. The summed E-state index contributed by atoms with van der Waals surface area (Å²) in [4.78, 5) is 12.1. The number of nitrogens with two attached hydrogens (primary N) is 2. The summed E-state index contributed by atoms with van der Waals surface area (Å²) in [6.07, 6.45) is 1.98. The van der Waals surface area contributed by atoms with Crippen LogP contribution in [0.15, 0.2) is 48.5 Å². The van der Waals surface area contributed by atoms with Crippen LogP contribution in [-0.4, -0.2) is 28.8 Å². The maximum Gasteiger partial charge on any atom is 0.254 e. The molecule has 4 rings (SSSR count). The van der Waals surface area contributed by atoms with Gasteiger partial charge in [-0.1, -0.05) is 11.6 Å². The Morgan fingerprint density at radius 3 is 2.38 bits per heavy atom. The van der Waals surface area contributed by atoms with Gasteiger partial charge in [0.2, 0.25) is 0 Å². The average molecular weight is 412 g/mol. The van der Waals surface area contributed by atoms with Crippen molar-refractivity contribution in [2.45, 2.75) is 18.9 Å². The first kappa shape index (κ1) is 19.3. The van der Waals surface area contributed by atoms with Crippen molar-refractivity contribution in [1.82, 2.24) is 15.1 Å². The van der Waals surface area contributed by atoms with Crippen molar-refractivity contribution in [3.05, 3.63) is 59.1 Å². The Kier molecular flexibility index (Phi) is 5.42. The molecule has 0 saturated carbocycles. The van der Waals surface area contributed by atoms with Gasteiger partial charge in [-0.05, 0) is 67.9 Å². The summed E-state index contributed by atoms with van der Waals surface area (Å²) < 4.78 is 7.54. The normalized spacial score (nSPS) is 16.5. The lowest BCUT2D eigenvalue weighted by Gasteiger charge is -2.23. The van der Waals surface area contributed by atoms with Gasteiger partial charge in [0, 0.05) is 17.1 Å². The van der Waals surface area contributed by atoms with Gasteiger partial charge in [0.05, 0.1) is 6.04 Å². The largest absolute Gasteiger partial charge is 0.457 e. The number of hydrogen-bond acceptors (Lipinski definition) is 5. The maximum absolute atomic E-state index is 12.1. The molecule has 5 N–H and O–H groups in total. The van der Waals surface area contributed by atoms with Crippen LogP contribution in [0.5, 0.6) is 11.5 Å².